The van der Waals surface area contributed by atoms with Gasteiger partial charge in [-0.15, -0.1) is 0 Å². The van der Waals surface area contributed by atoms with Gasteiger partial charge in [-0.3, -0.25) is 9.59 Å². The van der Waals surface area contributed by atoms with Gasteiger partial charge < -0.3 is 5.11 Å². The van der Waals surface area contributed by atoms with Gasteiger partial charge in [0.1, 0.15) is 0 Å². The molecule has 0 radical (unpaired) electrons. The van der Waals surface area contributed by atoms with Crippen molar-refractivity contribution >= 4 is 22.8 Å². The molecule has 0 amide bonds. The molecule has 98 valence electrons. The van der Waals surface area contributed by atoms with Crippen LogP contribution in [0.1, 0.15) is 30.6 Å². The van der Waals surface area contributed by atoms with Crippen LogP contribution in [0.5, 0.6) is 0 Å². The Balaban J connectivity index is 2.52. The van der Waals surface area contributed by atoms with Crippen molar-refractivity contribution in [2.75, 3.05) is 5.75 Å². The molecule has 1 unspecified atom stereocenters. The van der Waals surface area contributed by atoms with Crippen LogP contribution in [0.3, 0.4) is 0 Å². The van der Waals surface area contributed by atoms with Crippen LogP contribution in [0, 0.1) is 11.8 Å². The second kappa shape index (κ2) is 7.21. The van der Waals surface area contributed by atoms with Crippen LogP contribution in [0.2, 0.25) is 0 Å². The number of carbonyl (C=O) groups is 2. The van der Waals surface area contributed by atoms with Crippen molar-refractivity contribution in [1.29, 1.82) is 0 Å². The number of carboxylic acid groups (broad SMARTS) is 1. The van der Waals surface area contributed by atoms with Gasteiger partial charge in [0.05, 0.1) is 5.92 Å². The summed E-state index contributed by atoms with van der Waals surface area (Å²) in [5.41, 5.74) is 0.621. The first-order valence-corrected chi connectivity index (χ1v) is 6.94. The molecule has 1 aromatic rings. The molecule has 0 spiro atoms. The first kappa shape index (κ1) is 14.8. The highest BCUT2D eigenvalue weighted by molar-refractivity contribution is 8.14. The molecule has 0 fully saturated rings. The second-order valence-corrected chi connectivity index (χ2v) is 5.62. The van der Waals surface area contributed by atoms with E-state index in [1.807, 2.05) is 19.9 Å². The smallest absolute Gasteiger partial charge is 0.307 e. The number of benzene rings is 1. The molecule has 1 atom stereocenters. The Morgan fingerprint density at radius 1 is 1.22 bits per heavy atom. The van der Waals surface area contributed by atoms with Gasteiger partial charge in [0.25, 0.3) is 0 Å². The third-order valence-corrected chi connectivity index (χ3v) is 3.60. The van der Waals surface area contributed by atoms with E-state index in [4.69, 9.17) is 5.11 Å². The van der Waals surface area contributed by atoms with Gasteiger partial charge in [0, 0.05) is 11.3 Å². The Labute approximate surface area is 112 Å². The van der Waals surface area contributed by atoms with Crippen molar-refractivity contribution in [3.8, 4) is 0 Å². The van der Waals surface area contributed by atoms with Crippen molar-refractivity contribution in [2.45, 2.75) is 20.3 Å². The zero-order chi connectivity index (χ0) is 13.5. The van der Waals surface area contributed by atoms with E-state index in [0.29, 0.717) is 23.7 Å². The Kier molecular flexibility index (Phi) is 5.92. The topological polar surface area (TPSA) is 54.4 Å². The molecule has 0 aliphatic rings. The fraction of sp³-hybridized carbons (Fsp3) is 0.429. The average Bonchev–Trinajstić information content (AvgIpc) is 2.34. The van der Waals surface area contributed by atoms with Crippen molar-refractivity contribution in [3.63, 3.8) is 0 Å². The molecule has 1 rings (SSSR count). The number of aliphatic carboxylic acids is 1. The van der Waals surface area contributed by atoms with Crippen LogP contribution in [0.25, 0.3) is 0 Å². The summed E-state index contributed by atoms with van der Waals surface area (Å²) in [5, 5.41) is 9.02. The summed E-state index contributed by atoms with van der Waals surface area (Å²) in [6, 6.07) is 8.94. The van der Waals surface area contributed by atoms with Gasteiger partial charge in [-0.25, -0.2) is 0 Å². The Morgan fingerprint density at radius 3 is 2.33 bits per heavy atom. The summed E-state index contributed by atoms with van der Waals surface area (Å²) in [5.74, 6) is -0.625. The quantitative estimate of drug-likeness (QED) is 0.858. The van der Waals surface area contributed by atoms with E-state index in [9.17, 15) is 9.59 Å². The lowest BCUT2D eigenvalue weighted by atomic mass is 9.99. The molecule has 18 heavy (non-hydrogen) atoms. The van der Waals surface area contributed by atoms with Crippen molar-refractivity contribution in [3.05, 3.63) is 35.9 Å². The SMILES string of the molecule is CC(C)CC(CSC(=O)c1ccccc1)C(=O)O. The Bertz CT molecular complexity index is 401. The molecule has 0 heterocycles. The highest BCUT2D eigenvalue weighted by Crippen LogP contribution is 2.20. The number of carbonyl (C=O) groups excluding carboxylic acids is 1. The van der Waals surface area contributed by atoms with Crippen molar-refractivity contribution in [2.24, 2.45) is 11.8 Å². The summed E-state index contributed by atoms with van der Waals surface area (Å²) < 4.78 is 0. The second-order valence-electron chi connectivity index (χ2n) is 4.63. The molecule has 3 nitrogen and oxygen atoms in total. The monoisotopic (exact) mass is 266 g/mol. The summed E-state index contributed by atoms with van der Waals surface area (Å²) >= 11 is 1.09. The molecule has 1 aromatic carbocycles. The first-order valence-electron chi connectivity index (χ1n) is 5.95. The van der Waals surface area contributed by atoms with Crippen LogP contribution in [-0.2, 0) is 4.79 Å². The van der Waals surface area contributed by atoms with E-state index in [-0.39, 0.29) is 5.12 Å². The maximum Gasteiger partial charge on any atom is 0.307 e. The number of thioether (sulfide) groups is 1. The summed E-state index contributed by atoms with van der Waals surface area (Å²) in [4.78, 5) is 22.9. The van der Waals surface area contributed by atoms with Gasteiger partial charge in [0.15, 0.2) is 0 Å². The molecular formula is C14H18O3S. The maximum absolute atomic E-state index is 11.8. The molecule has 0 aliphatic heterocycles. The first-order chi connectivity index (χ1) is 8.50. The lowest BCUT2D eigenvalue weighted by Crippen LogP contribution is -2.19. The highest BCUT2D eigenvalue weighted by Gasteiger charge is 2.20. The average molecular weight is 266 g/mol. The fourth-order valence-electron chi connectivity index (χ4n) is 1.64. The third-order valence-electron chi connectivity index (χ3n) is 2.53. The fourth-order valence-corrected chi connectivity index (χ4v) is 2.58. The van der Waals surface area contributed by atoms with Gasteiger partial charge in [-0.05, 0) is 12.3 Å². The summed E-state index contributed by atoms with van der Waals surface area (Å²) in [6.07, 6.45) is 0.602. The van der Waals surface area contributed by atoms with Crippen LogP contribution in [0.15, 0.2) is 30.3 Å². The predicted octanol–water partition coefficient (Wildman–Crippen LogP) is 3.31. The van der Waals surface area contributed by atoms with E-state index in [1.165, 1.54) is 0 Å². The zero-order valence-corrected chi connectivity index (χ0v) is 11.4. The lowest BCUT2D eigenvalue weighted by molar-refractivity contribution is -0.141. The van der Waals surface area contributed by atoms with E-state index in [2.05, 4.69) is 0 Å². The van der Waals surface area contributed by atoms with Gasteiger partial charge in [0.2, 0.25) is 5.12 Å². The normalized spacial score (nSPS) is 12.4. The molecule has 0 bridgehead atoms. The van der Waals surface area contributed by atoms with Crippen molar-refractivity contribution in [1.82, 2.24) is 0 Å². The number of carboxylic acids is 1. The molecular weight excluding hydrogens is 248 g/mol. The maximum atomic E-state index is 11.8. The summed E-state index contributed by atoms with van der Waals surface area (Å²) in [7, 11) is 0. The predicted molar refractivity (Wildman–Crippen MR) is 73.8 cm³/mol. The minimum atomic E-state index is -0.822. The Hall–Kier alpha value is -1.29. The zero-order valence-electron chi connectivity index (χ0n) is 10.6. The molecule has 1 N–H and O–H groups in total. The minimum absolute atomic E-state index is 0.0643. The molecule has 4 heteroatoms. The number of hydrogen-bond acceptors (Lipinski definition) is 3. The van der Waals surface area contributed by atoms with E-state index in [0.717, 1.165) is 11.8 Å². The van der Waals surface area contributed by atoms with Crippen LogP contribution in [-0.4, -0.2) is 21.9 Å². The highest BCUT2D eigenvalue weighted by atomic mass is 32.2. The standard InChI is InChI=1S/C14H18O3S/c1-10(2)8-12(13(15)16)9-18-14(17)11-6-4-3-5-7-11/h3-7,10,12H,8-9H2,1-2H3,(H,15,16). The Morgan fingerprint density at radius 2 is 1.83 bits per heavy atom. The van der Waals surface area contributed by atoms with E-state index < -0.39 is 11.9 Å². The number of rotatable bonds is 6. The van der Waals surface area contributed by atoms with Gasteiger partial charge >= 0.3 is 5.97 Å². The van der Waals surface area contributed by atoms with Gasteiger partial charge in [-0.2, -0.15) is 0 Å². The van der Waals surface area contributed by atoms with E-state index in [1.54, 1.807) is 24.3 Å². The van der Waals surface area contributed by atoms with Crippen LogP contribution >= 0.6 is 11.8 Å². The lowest BCUT2D eigenvalue weighted by Gasteiger charge is -2.13. The van der Waals surface area contributed by atoms with Gasteiger partial charge in [-0.1, -0.05) is 55.9 Å². The minimum Gasteiger partial charge on any atom is -0.481 e. The molecule has 0 aromatic heterocycles. The van der Waals surface area contributed by atoms with E-state index >= 15 is 0 Å². The number of hydrogen-bond donors (Lipinski definition) is 1. The third kappa shape index (κ3) is 4.92. The van der Waals surface area contributed by atoms with Crippen LogP contribution < -0.4 is 0 Å². The largest absolute Gasteiger partial charge is 0.481 e. The molecule has 0 saturated carbocycles. The summed E-state index contributed by atoms with van der Waals surface area (Å²) in [6.45, 7) is 3.97. The van der Waals surface area contributed by atoms with Crippen molar-refractivity contribution < 1.29 is 14.7 Å². The molecule has 0 aliphatic carbocycles. The van der Waals surface area contributed by atoms with Crippen LogP contribution in [0.4, 0.5) is 0 Å². The molecule has 0 saturated heterocycles.